The standard InChI is InChI=1S/C5H10OS3/c1-2-3-4-5-7-9(5,6)8-5/h9H,2-4H2,1H3. The van der Waals surface area contributed by atoms with Crippen molar-refractivity contribution in [1.29, 1.82) is 0 Å². The first kappa shape index (κ1) is 6.55. The Balaban J connectivity index is 1.84. The molecule has 2 heterocycles. The molecular weight excluding hydrogens is 172 g/mol. The summed E-state index contributed by atoms with van der Waals surface area (Å²) in [5, 5.41) is 0. The summed E-state index contributed by atoms with van der Waals surface area (Å²) in [6.45, 7) is 2.18. The first-order valence-corrected chi connectivity index (χ1v) is 7.79. The molecule has 0 aromatic heterocycles. The first-order valence-electron chi connectivity index (χ1n) is 3.24. The topological polar surface area (TPSA) is 17.1 Å². The van der Waals surface area contributed by atoms with Crippen LogP contribution in [0.3, 0.4) is 0 Å². The van der Waals surface area contributed by atoms with Gasteiger partial charge in [-0.15, -0.1) is 0 Å². The van der Waals surface area contributed by atoms with E-state index in [1.807, 2.05) is 0 Å². The van der Waals surface area contributed by atoms with Crippen molar-refractivity contribution in [1.82, 2.24) is 0 Å². The molecule has 0 unspecified atom stereocenters. The van der Waals surface area contributed by atoms with Crippen LogP contribution in [0.2, 0.25) is 0 Å². The molecule has 54 valence electrons. The van der Waals surface area contributed by atoms with Crippen molar-refractivity contribution in [3.63, 3.8) is 0 Å². The molecule has 2 aliphatic heterocycles. The van der Waals surface area contributed by atoms with Crippen molar-refractivity contribution in [2.24, 2.45) is 0 Å². The number of unbranched alkanes of at least 4 members (excludes halogenated alkanes) is 1. The van der Waals surface area contributed by atoms with Gasteiger partial charge < -0.3 is 0 Å². The third-order valence-corrected chi connectivity index (χ3v) is 13.0. The molecule has 1 nitrogen and oxygen atoms in total. The van der Waals surface area contributed by atoms with E-state index in [0.29, 0.717) is 3.41 Å². The van der Waals surface area contributed by atoms with Gasteiger partial charge in [0.25, 0.3) is 0 Å². The highest BCUT2D eigenvalue weighted by Crippen LogP contribution is 2.94. The minimum Gasteiger partial charge on any atom is -0.263 e. The van der Waals surface area contributed by atoms with Gasteiger partial charge in [-0.05, 0) is 28.0 Å². The average molecular weight is 182 g/mol. The minimum atomic E-state index is -1.55. The average Bonchev–Trinajstić information content (AvgIpc) is 2.48. The van der Waals surface area contributed by atoms with Crippen molar-refractivity contribution in [2.75, 3.05) is 0 Å². The smallest absolute Gasteiger partial charge is 0.153 e. The molecule has 0 radical (unpaired) electrons. The summed E-state index contributed by atoms with van der Waals surface area (Å²) in [6.07, 6.45) is 3.68. The maximum Gasteiger partial charge on any atom is 0.153 e. The van der Waals surface area contributed by atoms with Gasteiger partial charge in [-0.2, -0.15) is 0 Å². The Morgan fingerprint density at radius 2 is 2.11 bits per heavy atom. The SMILES string of the molecule is CCCCC12S[SH]1(=O)S2. The third-order valence-electron chi connectivity index (χ3n) is 1.72. The molecule has 4 heteroatoms. The van der Waals surface area contributed by atoms with Crippen LogP contribution < -0.4 is 0 Å². The number of hydrogen-bond acceptors (Lipinski definition) is 3. The Kier molecular flexibility index (Phi) is 1.25. The molecule has 0 amide bonds. The summed E-state index contributed by atoms with van der Waals surface area (Å²) < 4.78 is 11.4. The fourth-order valence-corrected chi connectivity index (χ4v) is 11.5. The second kappa shape index (κ2) is 1.71. The van der Waals surface area contributed by atoms with Gasteiger partial charge in [0.15, 0.2) is 3.41 Å². The van der Waals surface area contributed by atoms with Crippen LogP contribution in [0.25, 0.3) is 0 Å². The summed E-state index contributed by atoms with van der Waals surface area (Å²) in [5.41, 5.74) is 0. The van der Waals surface area contributed by atoms with Gasteiger partial charge in [-0.3, -0.25) is 4.21 Å². The van der Waals surface area contributed by atoms with Gasteiger partial charge in [0.1, 0.15) is 0 Å². The monoisotopic (exact) mass is 182 g/mol. The molecule has 9 heavy (non-hydrogen) atoms. The summed E-state index contributed by atoms with van der Waals surface area (Å²) >= 11 is 0. The number of rotatable bonds is 3. The van der Waals surface area contributed by atoms with Crippen LogP contribution in [0, 0.1) is 0 Å². The van der Waals surface area contributed by atoms with Gasteiger partial charge in [-0.25, -0.2) is 0 Å². The summed E-state index contributed by atoms with van der Waals surface area (Å²) in [5.74, 6) is 0. The molecule has 0 aliphatic carbocycles. The lowest BCUT2D eigenvalue weighted by Gasteiger charge is -1.92. The Morgan fingerprint density at radius 1 is 1.56 bits per heavy atom. The zero-order valence-electron chi connectivity index (χ0n) is 5.29. The maximum absolute atomic E-state index is 11.2. The second-order valence-corrected chi connectivity index (χ2v) is 11.8. The fraction of sp³-hybridized carbons (Fsp3) is 1.00. The van der Waals surface area contributed by atoms with Crippen LogP contribution in [0.5, 0.6) is 0 Å². The second-order valence-electron chi connectivity index (χ2n) is 2.50. The van der Waals surface area contributed by atoms with E-state index in [1.165, 1.54) is 19.3 Å². The van der Waals surface area contributed by atoms with Gasteiger partial charge in [-0.1, -0.05) is 19.8 Å². The molecule has 0 atom stereocenters. The Bertz CT molecular complexity index is 179. The van der Waals surface area contributed by atoms with E-state index in [1.54, 1.807) is 21.6 Å². The molecule has 2 saturated heterocycles. The molecular formula is C5H10OS3. The lowest BCUT2D eigenvalue weighted by atomic mass is 10.3. The molecule has 0 saturated carbocycles. The molecule has 0 spiro atoms. The van der Waals surface area contributed by atoms with Crippen molar-refractivity contribution < 1.29 is 4.21 Å². The Labute approximate surface area is 63.6 Å². The maximum atomic E-state index is 11.2. The lowest BCUT2D eigenvalue weighted by molar-refractivity contribution is 0.687. The van der Waals surface area contributed by atoms with E-state index >= 15 is 0 Å². The Morgan fingerprint density at radius 3 is 2.44 bits per heavy atom. The first-order chi connectivity index (χ1) is 4.22. The summed E-state index contributed by atoms with van der Waals surface area (Å²) in [4.78, 5) is 0. The van der Waals surface area contributed by atoms with Crippen LogP contribution in [-0.2, 0) is 8.00 Å². The van der Waals surface area contributed by atoms with E-state index in [4.69, 9.17) is 0 Å². The van der Waals surface area contributed by atoms with Crippen molar-refractivity contribution in [3.8, 4) is 0 Å². The highest BCUT2D eigenvalue weighted by Gasteiger charge is 2.80. The number of thiol groups is 1. The highest BCUT2D eigenvalue weighted by molar-refractivity contribution is 9.38. The predicted molar refractivity (Wildman–Crippen MR) is 47.0 cm³/mol. The van der Waals surface area contributed by atoms with E-state index in [9.17, 15) is 4.21 Å². The fourth-order valence-electron chi connectivity index (χ4n) is 0.970. The van der Waals surface area contributed by atoms with Crippen molar-refractivity contribution in [3.05, 3.63) is 0 Å². The summed E-state index contributed by atoms with van der Waals surface area (Å²) in [7, 11) is 1.91. The Hall–Kier alpha value is 0.850. The number of hydrogen-bond donors (Lipinski definition) is 1. The van der Waals surface area contributed by atoms with E-state index < -0.39 is 8.00 Å². The quantitative estimate of drug-likeness (QED) is 0.409. The van der Waals surface area contributed by atoms with Crippen molar-refractivity contribution in [2.45, 2.75) is 29.6 Å². The number of fused-ring (bicyclic) bond motifs is 1. The predicted octanol–water partition coefficient (Wildman–Crippen LogP) is 2.17. The molecule has 0 aromatic rings. The van der Waals surface area contributed by atoms with Crippen LogP contribution in [0.1, 0.15) is 26.2 Å². The molecule has 2 aliphatic rings. The normalized spacial score (nSPS) is 45.4. The molecule has 0 bridgehead atoms. The van der Waals surface area contributed by atoms with Crippen LogP contribution in [0.4, 0.5) is 0 Å². The summed E-state index contributed by atoms with van der Waals surface area (Å²) in [6, 6.07) is 0. The van der Waals surface area contributed by atoms with Crippen LogP contribution in [-0.4, -0.2) is 7.62 Å². The van der Waals surface area contributed by atoms with Gasteiger partial charge >= 0.3 is 0 Å². The van der Waals surface area contributed by atoms with E-state index in [2.05, 4.69) is 6.92 Å². The van der Waals surface area contributed by atoms with Crippen LogP contribution >= 0.6 is 21.6 Å². The lowest BCUT2D eigenvalue weighted by Crippen LogP contribution is -1.86. The zero-order valence-corrected chi connectivity index (χ0v) is 7.82. The van der Waals surface area contributed by atoms with E-state index in [0.717, 1.165) is 0 Å². The molecule has 2 rings (SSSR count). The highest BCUT2D eigenvalue weighted by atomic mass is 33.6. The van der Waals surface area contributed by atoms with Gasteiger partial charge in [0, 0.05) is 8.00 Å². The largest absolute Gasteiger partial charge is 0.263 e. The van der Waals surface area contributed by atoms with E-state index in [-0.39, 0.29) is 0 Å². The van der Waals surface area contributed by atoms with Gasteiger partial charge in [0.05, 0.1) is 0 Å². The van der Waals surface area contributed by atoms with Gasteiger partial charge in [0.2, 0.25) is 0 Å². The molecule has 0 aromatic carbocycles. The molecule has 0 N–H and O–H groups in total. The van der Waals surface area contributed by atoms with Crippen molar-refractivity contribution >= 4 is 29.6 Å². The third kappa shape index (κ3) is 0.795. The zero-order chi connectivity index (χ0) is 6.54. The van der Waals surface area contributed by atoms with Crippen LogP contribution in [0.15, 0.2) is 0 Å². The molecule has 2 fully saturated rings. The minimum absolute atomic E-state index is 0.295.